The first-order chi connectivity index (χ1) is 9.61. The number of carbonyl (C=O) groups excluding carboxylic acids is 1. The lowest BCUT2D eigenvalue weighted by Crippen LogP contribution is -2.27. The van der Waals surface area contributed by atoms with Crippen molar-refractivity contribution in [3.8, 4) is 0 Å². The Bertz CT molecular complexity index is 625. The molecule has 21 heavy (non-hydrogen) atoms. The minimum Gasteiger partial charge on any atom is -0.326 e. The van der Waals surface area contributed by atoms with Crippen molar-refractivity contribution in [3.05, 3.63) is 23.3 Å². The van der Waals surface area contributed by atoms with Gasteiger partial charge in [-0.05, 0) is 37.1 Å². The van der Waals surface area contributed by atoms with E-state index in [4.69, 9.17) is 5.14 Å². The zero-order valence-corrected chi connectivity index (χ0v) is 13.7. The van der Waals surface area contributed by atoms with Crippen LogP contribution in [0.15, 0.2) is 17.0 Å². The van der Waals surface area contributed by atoms with Crippen LogP contribution >= 0.6 is 0 Å². The average Bonchev–Trinajstić information content (AvgIpc) is 2.32. The molecule has 0 atom stereocenters. The Kier molecular flexibility index (Phi) is 5.88. The minimum absolute atomic E-state index is 0.00112. The van der Waals surface area contributed by atoms with E-state index in [0.717, 1.165) is 11.1 Å². The quantitative estimate of drug-likeness (QED) is 0.736. The topological polar surface area (TPSA) is 101 Å². The van der Waals surface area contributed by atoms with E-state index in [1.807, 2.05) is 20.8 Å². The number of anilines is 1. The highest BCUT2D eigenvalue weighted by Crippen LogP contribution is 2.23. The zero-order valence-electron chi connectivity index (χ0n) is 12.9. The van der Waals surface area contributed by atoms with Crippen molar-refractivity contribution in [2.75, 3.05) is 11.9 Å². The minimum atomic E-state index is -3.79. The maximum atomic E-state index is 11.9. The Labute approximate surface area is 126 Å². The second-order valence-electron chi connectivity index (χ2n) is 5.36. The second-order valence-corrected chi connectivity index (χ2v) is 6.93. The van der Waals surface area contributed by atoms with Crippen LogP contribution in [-0.2, 0) is 14.8 Å². The molecule has 0 aliphatic heterocycles. The van der Waals surface area contributed by atoms with Crippen LogP contribution < -0.4 is 15.8 Å². The summed E-state index contributed by atoms with van der Waals surface area (Å²) in [5, 5.41) is 11.0. The SMILES string of the molecule is Cc1cc(S(N)(=O)=O)cc(NC(=O)CCNC(C)C)c1C. The second kappa shape index (κ2) is 7.02. The predicted molar refractivity (Wildman–Crippen MR) is 83.7 cm³/mol. The lowest BCUT2D eigenvalue weighted by Gasteiger charge is -2.13. The standard InChI is InChI=1S/C14H23N3O3S/c1-9(2)16-6-5-14(18)17-13-8-12(21(15,19)20)7-10(3)11(13)4/h7-9,16H,5-6H2,1-4H3,(H,17,18)(H2,15,19,20). The van der Waals surface area contributed by atoms with E-state index in [1.165, 1.54) is 12.1 Å². The van der Waals surface area contributed by atoms with E-state index < -0.39 is 10.0 Å². The molecule has 0 fully saturated rings. The molecule has 4 N–H and O–H groups in total. The molecule has 0 aromatic heterocycles. The Morgan fingerprint density at radius 1 is 1.29 bits per heavy atom. The summed E-state index contributed by atoms with van der Waals surface area (Å²) in [4.78, 5) is 11.9. The van der Waals surface area contributed by atoms with Gasteiger partial charge in [-0.2, -0.15) is 0 Å². The number of nitrogens with one attached hydrogen (secondary N) is 2. The molecular formula is C14H23N3O3S. The fraction of sp³-hybridized carbons (Fsp3) is 0.500. The van der Waals surface area contributed by atoms with Crippen LogP contribution in [0.25, 0.3) is 0 Å². The van der Waals surface area contributed by atoms with Crippen molar-refractivity contribution in [1.29, 1.82) is 0 Å². The molecule has 6 nitrogen and oxygen atoms in total. The monoisotopic (exact) mass is 313 g/mol. The fourth-order valence-corrected chi connectivity index (χ4v) is 2.43. The zero-order chi connectivity index (χ0) is 16.2. The smallest absolute Gasteiger partial charge is 0.238 e. The van der Waals surface area contributed by atoms with Crippen molar-refractivity contribution in [3.63, 3.8) is 0 Å². The molecule has 0 unspecified atom stereocenters. The molecule has 1 rings (SSSR count). The summed E-state index contributed by atoms with van der Waals surface area (Å²) in [7, 11) is -3.79. The number of sulfonamides is 1. The van der Waals surface area contributed by atoms with E-state index >= 15 is 0 Å². The number of hydrogen-bond donors (Lipinski definition) is 3. The van der Waals surface area contributed by atoms with Gasteiger partial charge < -0.3 is 10.6 Å². The van der Waals surface area contributed by atoms with Gasteiger partial charge >= 0.3 is 0 Å². The molecule has 0 radical (unpaired) electrons. The van der Waals surface area contributed by atoms with Gasteiger partial charge in [-0.15, -0.1) is 0 Å². The first-order valence-electron chi connectivity index (χ1n) is 6.78. The maximum absolute atomic E-state index is 11.9. The Morgan fingerprint density at radius 3 is 2.43 bits per heavy atom. The van der Waals surface area contributed by atoms with Crippen LogP contribution in [0, 0.1) is 13.8 Å². The molecule has 0 spiro atoms. The highest BCUT2D eigenvalue weighted by molar-refractivity contribution is 7.89. The summed E-state index contributed by atoms with van der Waals surface area (Å²) in [6, 6.07) is 3.21. The summed E-state index contributed by atoms with van der Waals surface area (Å²) in [5.74, 6) is -0.169. The van der Waals surface area contributed by atoms with E-state index in [2.05, 4.69) is 10.6 Å². The Morgan fingerprint density at radius 2 is 1.90 bits per heavy atom. The highest BCUT2D eigenvalue weighted by Gasteiger charge is 2.14. The van der Waals surface area contributed by atoms with Crippen LogP contribution in [-0.4, -0.2) is 26.9 Å². The maximum Gasteiger partial charge on any atom is 0.238 e. The molecule has 0 saturated carbocycles. The van der Waals surface area contributed by atoms with Crippen molar-refractivity contribution in [1.82, 2.24) is 5.32 Å². The largest absolute Gasteiger partial charge is 0.326 e. The highest BCUT2D eigenvalue weighted by atomic mass is 32.2. The van der Waals surface area contributed by atoms with Crippen LogP contribution in [0.4, 0.5) is 5.69 Å². The number of nitrogens with two attached hydrogens (primary N) is 1. The van der Waals surface area contributed by atoms with Gasteiger partial charge in [0.25, 0.3) is 0 Å². The summed E-state index contributed by atoms with van der Waals surface area (Å²) in [6.07, 6.45) is 0.316. The van der Waals surface area contributed by atoms with Crippen molar-refractivity contribution >= 4 is 21.6 Å². The van der Waals surface area contributed by atoms with Gasteiger partial charge in [-0.3, -0.25) is 4.79 Å². The number of benzene rings is 1. The molecule has 0 heterocycles. The molecule has 7 heteroatoms. The summed E-state index contributed by atoms with van der Waals surface area (Å²) < 4.78 is 22.9. The molecule has 1 amide bonds. The normalized spacial score (nSPS) is 11.7. The van der Waals surface area contributed by atoms with E-state index in [1.54, 1.807) is 6.92 Å². The molecule has 1 aromatic carbocycles. The van der Waals surface area contributed by atoms with Gasteiger partial charge in [0.1, 0.15) is 0 Å². The van der Waals surface area contributed by atoms with E-state index in [9.17, 15) is 13.2 Å². The van der Waals surface area contributed by atoms with Crippen LogP contribution in [0.3, 0.4) is 0 Å². The van der Waals surface area contributed by atoms with Crippen molar-refractivity contribution < 1.29 is 13.2 Å². The molecule has 0 saturated heterocycles. The fourth-order valence-electron chi connectivity index (χ4n) is 1.81. The molecule has 0 aliphatic carbocycles. The first-order valence-corrected chi connectivity index (χ1v) is 8.33. The van der Waals surface area contributed by atoms with Crippen LogP contribution in [0.5, 0.6) is 0 Å². The first kappa shape index (κ1) is 17.6. The third-order valence-electron chi connectivity index (χ3n) is 3.15. The summed E-state index contributed by atoms with van der Waals surface area (Å²) in [6.45, 7) is 8.17. The van der Waals surface area contributed by atoms with Crippen molar-refractivity contribution in [2.45, 2.75) is 45.1 Å². The van der Waals surface area contributed by atoms with Crippen molar-refractivity contribution in [2.24, 2.45) is 5.14 Å². The Balaban J connectivity index is 2.88. The van der Waals surface area contributed by atoms with E-state index in [0.29, 0.717) is 24.7 Å². The third kappa shape index (κ3) is 5.45. The van der Waals surface area contributed by atoms with E-state index in [-0.39, 0.29) is 10.8 Å². The predicted octanol–water partition coefficient (Wildman–Crippen LogP) is 1.28. The van der Waals surface area contributed by atoms with Gasteiger partial charge in [0, 0.05) is 24.7 Å². The van der Waals surface area contributed by atoms with Gasteiger partial charge in [-0.1, -0.05) is 13.8 Å². The molecule has 0 bridgehead atoms. The lowest BCUT2D eigenvalue weighted by molar-refractivity contribution is -0.116. The van der Waals surface area contributed by atoms with Gasteiger partial charge in [-0.25, -0.2) is 13.6 Å². The van der Waals surface area contributed by atoms with Gasteiger partial charge in [0.05, 0.1) is 4.90 Å². The number of rotatable bonds is 6. The van der Waals surface area contributed by atoms with Crippen LogP contribution in [0.1, 0.15) is 31.4 Å². The molecule has 1 aromatic rings. The molecule has 0 aliphatic rings. The lowest BCUT2D eigenvalue weighted by atomic mass is 10.1. The average molecular weight is 313 g/mol. The summed E-state index contributed by atoms with van der Waals surface area (Å²) >= 11 is 0. The number of primary sulfonamides is 1. The number of amides is 1. The summed E-state index contributed by atoms with van der Waals surface area (Å²) in [5.41, 5.74) is 2.07. The van der Waals surface area contributed by atoms with Gasteiger partial charge in [0.15, 0.2) is 0 Å². The number of hydrogen-bond acceptors (Lipinski definition) is 4. The number of carbonyl (C=O) groups is 1. The van der Waals surface area contributed by atoms with Crippen LogP contribution in [0.2, 0.25) is 0 Å². The third-order valence-corrected chi connectivity index (χ3v) is 4.04. The Hall–Kier alpha value is -1.44. The number of aryl methyl sites for hydroxylation is 1. The van der Waals surface area contributed by atoms with Gasteiger partial charge in [0.2, 0.25) is 15.9 Å². The molecular weight excluding hydrogens is 290 g/mol. The molecule has 118 valence electrons.